The number of nitrogens with one attached hydrogen (secondary N) is 1. The maximum absolute atomic E-state index is 12.4. The van der Waals surface area contributed by atoms with Crippen LogP contribution in [0.2, 0.25) is 5.02 Å². The zero-order valence-electron chi connectivity index (χ0n) is 17.2. The van der Waals surface area contributed by atoms with Crippen LogP contribution in [-0.2, 0) is 6.42 Å². The fourth-order valence-electron chi connectivity index (χ4n) is 3.20. The summed E-state index contributed by atoms with van der Waals surface area (Å²) in [4.78, 5) is 12.4. The third-order valence-electron chi connectivity index (χ3n) is 4.73. The Hall–Kier alpha value is -3.91. The summed E-state index contributed by atoms with van der Waals surface area (Å²) in [5, 5.41) is 14.7. The quantitative estimate of drug-likeness (QED) is 0.451. The molecule has 0 radical (unpaired) electrons. The first-order chi connectivity index (χ1) is 15.6. The number of carbonyl (C=O) groups is 1. The summed E-state index contributed by atoms with van der Waals surface area (Å²) in [7, 11) is 1.61. The Balaban J connectivity index is 1.52. The molecule has 1 aromatic heterocycles. The predicted octanol–water partition coefficient (Wildman–Crippen LogP) is 4.32. The topological polar surface area (TPSA) is 91.2 Å². The highest BCUT2D eigenvalue weighted by molar-refractivity contribution is 6.30. The van der Waals surface area contributed by atoms with E-state index in [0.717, 1.165) is 16.7 Å². The standard InChI is InChI=1S/C23H20ClN5O3/c1-31-22-5-3-2-4-21(22)17-12-19(29-15-26-27-28-29)14-20(13-17)32-23(30)25-11-10-16-6-8-18(24)9-7-16/h2-9,12-15H,10-11H2,1H3,(H,25,30). The first kappa shape index (κ1) is 21.3. The zero-order chi connectivity index (χ0) is 22.3. The number of aromatic nitrogens is 4. The van der Waals surface area contributed by atoms with Gasteiger partial charge in [0, 0.05) is 23.2 Å². The van der Waals surface area contributed by atoms with Gasteiger partial charge in [-0.1, -0.05) is 41.9 Å². The van der Waals surface area contributed by atoms with Crippen molar-refractivity contribution < 1.29 is 14.3 Å². The summed E-state index contributed by atoms with van der Waals surface area (Å²) in [6.45, 7) is 0.423. The van der Waals surface area contributed by atoms with E-state index in [0.29, 0.717) is 35.2 Å². The molecule has 0 aliphatic carbocycles. The van der Waals surface area contributed by atoms with Crippen LogP contribution in [0.4, 0.5) is 4.79 Å². The van der Waals surface area contributed by atoms with E-state index < -0.39 is 6.09 Å². The number of para-hydroxylation sites is 1. The van der Waals surface area contributed by atoms with Crippen molar-refractivity contribution in [1.82, 2.24) is 25.5 Å². The molecular formula is C23H20ClN5O3. The van der Waals surface area contributed by atoms with Crippen molar-refractivity contribution in [3.8, 4) is 28.3 Å². The van der Waals surface area contributed by atoms with Crippen LogP contribution in [0.5, 0.6) is 11.5 Å². The fraction of sp³-hybridized carbons (Fsp3) is 0.130. The van der Waals surface area contributed by atoms with Gasteiger partial charge in [0.2, 0.25) is 0 Å². The summed E-state index contributed by atoms with van der Waals surface area (Å²) in [5.41, 5.74) is 3.34. The number of hydrogen-bond acceptors (Lipinski definition) is 6. The van der Waals surface area contributed by atoms with Gasteiger partial charge in [-0.25, -0.2) is 9.48 Å². The molecule has 0 fully saturated rings. The van der Waals surface area contributed by atoms with Crippen molar-refractivity contribution >= 4 is 17.7 Å². The molecule has 3 aromatic carbocycles. The van der Waals surface area contributed by atoms with Gasteiger partial charge < -0.3 is 14.8 Å². The number of amides is 1. The van der Waals surface area contributed by atoms with Crippen molar-refractivity contribution in [2.24, 2.45) is 0 Å². The normalized spacial score (nSPS) is 10.6. The minimum Gasteiger partial charge on any atom is -0.496 e. The van der Waals surface area contributed by atoms with Crippen LogP contribution in [0.15, 0.2) is 73.1 Å². The molecule has 0 saturated carbocycles. The molecule has 4 rings (SSSR count). The van der Waals surface area contributed by atoms with E-state index >= 15 is 0 Å². The second-order valence-corrected chi connectivity index (χ2v) is 7.30. The maximum Gasteiger partial charge on any atom is 0.412 e. The van der Waals surface area contributed by atoms with E-state index in [1.165, 1.54) is 11.0 Å². The van der Waals surface area contributed by atoms with Crippen LogP contribution in [0, 0.1) is 0 Å². The van der Waals surface area contributed by atoms with E-state index in [9.17, 15) is 4.79 Å². The number of nitrogens with zero attached hydrogens (tertiary/aromatic N) is 4. The minimum atomic E-state index is -0.557. The Bertz CT molecular complexity index is 1200. The number of ether oxygens (including phenoxy) is 2. The molecule has 0 atom stereocenters. The van der Waals surface area contributed by atoms with Crippen molar-refractivity contribution in [1.29, 1.82) is 0 Å². The molecule has 1 heterocycles. The van der Waals surface area contributed by atoms with Crippen LogP contribution < -0.4 is 14.8 Å². The van der Waals surface area contributed by atoms with Crippen molar-refractivity contribution in [2.45, 2.75) is 6.42 Å². The molecule has 1 N–H and O–H groups in total. The first-order valence-corrected chi connectivity index (χ1v) is 10.2. The molecule has 4 aromatic rings. The number of benzene rings is 3. The Morgan fingerprint density at radius 3 is 2.66 bits per heavy atom. The van der Waals surface area contributed by atoms with Gasteiger partial charge in [-0.15, -0.1) is 5.10 Å². The SMILES string of the molecule is COc1ccccc1-c1cc(OC(=O)NCCc2ccc(Cl)cc2)cc(-n2cnnn2)c1. The van der Waals surface area contributed by atoms with Gasteiger partial charge in [0.1, 0.15) is 17.8 Å². The lowest BCUT2D eigenvalue weighted by molar-refractivity contribution is 0.200. The Morgan fingerprint density at radius 2 is 1.91 bits per heavy atom. The minimum absolute atomic E-state index is 0.350. The monoisotopic (exact) mass is 449 g/mol. The number of carbonyl (C=O) groups excluding carboxylic acids is 1. The lowest BCUT2D eigenvalue weighted by Gasteiger charge is -2.13. The zero-order valence-corrected chi connectivity index (χ0v) is 18.0. The molecule has 0 spiro atoms. The van der Waals surface area contributed by atoms with Crippen LogP contribution in [0.1, 0.15) is 5.56 Å². The summed E-state index contributed by atoms with van der Waals surface area (Å²) in [6.07, 6.45) is 1.57. The van der Waals surface area contributed by atoms with E-state index in [1.54, 1.807) is 19.2 Å². The second-order valence-electron chi connectivity index (χ2n) is 6.86. The Kier molecular flexibility index (Phi) is 6.62. The van der Waals surface area contributed by atoms with Crippen molar-refractivity contribution in [2.75, 3.05) is 13.7 Å². The van der Waals surface area contributed by atoms with Crippen molar-refractivity contribution in [3.63, 3.8) is 0 Å². The molecule has 9 heteroatoms. The molecule has 162 valence electrons. The molecule has 0 aliphatic rings. The summed E-state index contributed by atoms with van der Waals surface area (Å²) in [6, 6.07) is 20.4. The number of halogens is 1. The molecule has 0 bridgehead atoms. The van der Waals surface area contributed by atoms with E-state index in [4.69, 9.17) is 21.1 Å². The van der Waals surface area contributed by atoms with Gasteiger partial charge in [-0.3, -0.25) is 0 Å². The highest BCUT2D eigenvalue weighted by Crippen LogP contribution is 2.33. The third-order valence-corrected chi connectivity index (χ3v) is 4.98. The molecule has 32 heavy (non-hydrogen) atoms. The lowest BCUT2D eigenvalue weighted by atomic mass is 10.0. The summed E-state index contributed by atoms with van der Waals surface area (Å²) >= 11 is 5.90. The van der Waals surface area contributed by atoms with Crippen LogP contribution in [-0.4, -0.2) is 40.0 Å². The Morgan fingerprint density at radius 1 is 1.09 bits per heavy atom. The number of tetrazole rings is 1. The van der Waals surface area contributed by atoms with Crippen molar-refractivity contribution in [3.05, 3.63) is 83.6 Å². The van der Waals surface area contributed by atoms with Gasteiger partial charge in [0.25, 0.3) is 0 Å². The summed E-state index contributed by atoms with van der Waals surface area (Å²) in [5.74, 6) is 1.04. The average molecular weight is 450 g/mol. The lowest BCUT2D eigenvalue weighted by Crippen LogP contribution is -2.28. The van der Waals surface area contributed by atoms with E-state index in [-0.39, 0.29) is 0 Å². The predicted molar refractivity (Wildman–Crippen MR) is 120 cm³/mol. The third kappa shape index (κ3) is 5.22. The van der Waals surface area contributed by atoms with Crippen LogP contribution in [0.3, 0.4) is 0 Å². The largest absolute Gasteiger partial charge is 0.496 e. The molecule has 8 nitrogen and oxygen atoms in total. The van der Waals surface area contributed by atoms with Crippen LogP contribution >= 0.6 is 11.6 Å². The van der Waals surface area contributed by atoms with E-state index in [2.05, 4.69) is 20.8 Å². The van der Waals surface area contributed by atoms with Gasteiger partial charge in [0.05, 0.1) is 12.8 Å². The van der Waals surface area contributed by atoms with E-state index in [1.807, 2.05) is 54.6 Å². The van der Waals surface area contributed by atoms with Crippen LogP contribution in [0.25, 0.3) is 16.8 Å². The highest BCUT2D eigenvalue weighted by Gasteiger charge is 2.13. The molecule has 0 saturated heterocycles. The molecular weight excluding hydrogens is 430 g/mol. The Labute approximate surface area is 189 Å². The molecule has 0 unspecified atom stereocenters. The first-order valence-electron chi connectivity index (χ1n) is 9.84. The second kappa shape index (κ2) is 9.93. The van der Waals surface area contributed by atoms with Gasteiger partial charge in [-0.2, -0.15) is 0 Å². The molecule has 0 aliphatic heterocycles. The highest BCUT2D eigenvalue weighted by atomic mass is 35.5. The smallest absolute Gasteiger partial charge is 0.412 e. The molecule has 1 amide bonds. The number of methoxy groups -OCH3 is 1. The van der Waals surface area contributed by atoms with Gasteiger partial charge >= 0.3 is 6.09 Å². The number of hydrogen-bond donors (Lipinski definition) is 1. The number of rotatable bonds is 7. The summed E-state index contributed by atoms with van der Waals surface area (Å²) < 4.78 is 12.5. The van der Waals surface area contributed by atoms with Gasteiger partial charge in [0.15, 0.2) is 0 Å². The van der Waals surface area contributed by atoms with Gasteiger partial charge in [-0.05, 0) is 58.3 Å². The maximum atomic E-state index is 12.4. The average Bonchev–Trinajstić information content (AvgIpc) is 3.35. The fourth-order valence-corrected chi connectivity index (χ4v) is 3.32.